The molecule has 1 aromatic heterocycles. The zero-order valence-electron chi connectivity index (χ0n) is 11.6. The lowest BCUT2D eigenvalue weighted by atomic mass is 10.1. The molecule has 1 N–H and O–H groups in total. The summed E-state index contributed by atoms with van der Waals surface area (Å²) < 4.78 is 5.68. The number of hydrogen-bond acceptors (Lipinski definition) is 5. The largest absolute Gasteiger partial charge is 0.487 e. The molecule has 0 aliphatic heterocycles. The highest BCUT2D eigenvalue weighted by molar-refractivity contribution is 5.88. The molecule has 2 aromatic rings. The number of benzene rings is 1. The van der Waals surface area contributed by atoms with Gasteiger partial charge in [-0.05, 0) is 37.1 Å². The Morgan fingerprint density at radius 3 is 2.62 bits per heavy atom. The van der Waals surface area contributed by atoms with Gasteiger partial charge in [0.05, 0.1) is 17.3 Å². The molecule has 0 saturated carbocycles. The third kappa shape index (κ3) is 3.15. The van der Waals surface area contributed by atoms with E-state index in [1.165, 1.54) is 12.5 Å². The fourth-order valence-electron chi connectivity index (χ4n) is 2.03. The van der Waals surface area contributed by atoms with Crippen molar-refractivity contribution in [2.45, 2.75) is 20.5 Å². The molecule has 6 nitrogen and oxygen atoms in total. The molecule has 0 spiro atoms. The number of aryl methyl sites for hydroxylation is 2. The smallest absolute Gasteiger partial charge is 0.339 e. The van der Waals surface area contributed by atoms with Gasteiger partial charge in [0.25, 0.3) is 0 Å². The molecule has 0 atom stereocenters. The number of nitrogens with zero attached hydrogens (tertiary/aromatic N) is 3. The number of ether oxygens (including phenoxy) is 1. The SMILES string of the molecule is Cc1cc(C#N)cc(C)c1OCc1ncncc1C(=O)O. The maximum Gasteiger partial charge on any atom is 0.339 e. The van der Waals surface area contributed by atoms with E-state index >= 15 is 0 Å². The van der Waals surface area contributed by atoms with Gasteiger partial charge in [0.15, 0.2) is 0 Å². The van der Waals surface area contributed by atoms with Crippen molar-refractivity contribution in [2.24, 2.45) is 0 Å². The second kappa shape index (κ2) is 6.01. The van der Waals surface area contributed by atoms with Gasteiger partial charge >= 0.3 is 5.97 Å². The van der Waals surface area contributed by atoms with Gasteiger partial charge in [0.2, 0.25) is 0 Å². The molecule has 0 aliphatic rings. The van der Waals surface area contributed by atoms with Crippen LogP contribution in [0.1, 0.15) is 32.7 Å². The number of nitriles is 1. The van der Waals surface area contributed by atoms with Crippen molar-refractivity contribution in [1.82, 2.24) is 9.97 Å². The lowest BCUT2D eigenvalue weighted by Gasteiger charge is -2.13. The van der Waals surface area contributed by atoms with E-state index in [2.05, 4.69) is 16.0 Å². The van der Waals surface area contributed by atoms with Crippen molar-refractivity contribution in [3.63, 3.8) is 0 Å². The summed E-state index contributed by atoms with van der Waals surface area (Å²) >= 11 is 0. The number of hydrogen-bond donors (Lipinski definition) is 1. The van der Waals surface area contributed by atoms with Crippen LogP contribution < -0.4 is 4.74 Å². The molecular formula is C15H13N3O3. The summed E-state index contributed by atoms with van der Waals surface area (Å²) in [4.78, 5) is 18.7. The molecule has 0 fully saturated rings. The number of rotatable bonds is 4. The first-order valence-corrected chi connectivity index (χ1v) is 6.19. The lowest BCUT2D eigenvalue weighted by Crippen LogP contribution is -2.09. The minimum absolute atomic E-state index is 0.0152. The van der Waals surface area contributed by atoms with Gasteiger partial charge in [-0.15, -0.1) is 0 Å². The van der Waals surface area contributed by atoms with Gasteiger partial charge in [-0.2, -0.15) is 5.26 Å². The Balaban J connectivity index is 2.26. The average Bonchev–Trinajstić information content (AvgIpc) is 2.46. The molecule has 1 aromatic carbocycles. The molecule has 1 heterocycles. The lowest BCUT2D eigenvalue weighted by molar-refractivity contribution is 0.0692. The minimum Gasteiger partial charge on any atom is -0.487 e. The summed E-state index contributed by atoms with van der Waals surface area (Å²) in [6.07, 6.45) is 2.52. The Morgan fingerprint density at radius 1 is 1.38 bits per heavy atom. The molecule has 0 radical (unpaired) electrons. The number of carboxylic acids is 1. The normalized spacial score (nSPS) is 9.95. The van der Waals surface area contributed by atoms with Crippen LogP contribution in [0, 0.1) is 25.2 Å². The van der Waals surface area contributed by atoms with Crippen molar-refractivity contribution in [3.05, 3.63) is 52.6 Å². The van der Waals surface area contributed by atoms with E-state index in [4.69, 9.17) is 15.1 Å². The van der Waals surface area contributed by atoms with E-state index in [0.717, 1.165) is 11.1 Å². The van der Waals surface area contributed by atoms with Gasteiger partial charge in [0.1, 0.15) is 24.2 Å². The molecule has 0 unspecified atom stereocenters. The van der Waals surface area contributed by atoms with Gasteiger partial charge in [-0.3, -0.25) is 0 Å². The Hall–Kier alpha value is -2.94. The highest BCUT2D eigenvalue weighted by atomic mass is 16.5. The molecule has 0 aliphatic carbocycles. The van der Waals surface area contributed by atoms with Crippen LogP contribution in [0.15, 0.2) is 24.7 Å². The molecule has 0 saturated heterocycles. The monoisotopic (exact) mass is 283 g/mol. The summed E-state index contributed by atoms with van der Waals surface area (Å²) in [6, 6.07) is 5.53. The first-order chi connectivity index (χ1) is 10.0. The van der Waals surface area contributed by atoms with Crippen LogP contribution in [-0.4, -0.2) is 21.0 Å². The molecule has 6 heteroatoms. The quantitative estimate of drug-likeness (QED) is 0.924. The standard InChI is InChI=1S/C15H13N3O3/c1-9-3-11(5-16)4-10(2)14(9)21-7-13-12(15(19)20)6-17-8-18-13/h3-4,6,8H,7H2,1-2H3,(H,19,20). The molecule has 0 bridgehead atoms. The van der Waals surface area contributed by atoms with Crippen molar-refractivity contribution in [3.8, 4) is 11.8 Å². The van der Waals surface area contributed by atoms with Crippen LogP contribution in [0.3, 0.4) is 0 Å². The summed E-state index contributed by atoms with van der Waals surface area (Å²) in [5, 5.41) is 18.0. The van der Waals surface area contributed by atoms with Gasteiger partial charge in [0, 0.05) is 6.20 Å². The Bertz CT molecular complexity index is 712. The van der Waals surface area contributed by atoms with E-state index in [1.807, 2.05) is 13.8 Å². The van der Waals surface area contributed by atoms with E-state index < -0.39 is 5.97 Å². The van der Waals surface area contributed by atoms with E-state index in [0.29, 0.717) is 17.0 Å². The predicted octanol–water partition coefficient (Wildman–Crippen LogP) is 2.24. The number of carbonyl (C=O) groups is 1. The number of carboxylic acid groups (broad SMARTS) is 1. The van der Waals surface area contributed by atoms with Crippen molar-refractivity contribution < 1.29 is 14.6 Å². The number of aromatic carboxylic acids is 1. The molecule has 0 amide bonds. The summed E-state index contributed by atoms with van der Waals surface area (Å²) in [6.45, 7) is 3.69. The zero-order valence-corrected chi connectivity index (χ0v) is 11.6. The first-order valence-electron chi connectivity index (χ1n) is 6.19. The van der Waals surface area contributed by atoms with Gasteiger partial charge in [-0.1, -0.05) is 0 Å². The Morgan fingerprint density at radius 2 is 2.05 bits per heavy atom. The second-order valence-corrected chi connectivity index (χ2v) is 4.53. The van der Waals surface area contributed by atoms with Crippen LogP contribution in [-0.2, 0) is 6.61 Å². The predicted molar refractivity (Wildman–Crippen MR) is 74.0 cm³/mol. The summed E-state index contributed by atoms with van der Waals surface area (Å²) in [5.41, 5.74) is 2.52. The van der Waals surface area contributed by atoms with Crippen molar-refractivity contribution in [2.75, 3.05) is 0 Å². The third-order valence-corrected chi connectivity index (χ3v) is 2.97. The summed E-state index contributed by atoms with van der Waals surface area (Å²) in [5.74, 6) is -0.466. The topological polar surface area (TPSA) is 96.1 Å². The summed E-state index contributed by atoms with van der Waals surface area (Å²) in [7, 11) is 0. The fraction of sp³-hybridized carbons (Fsp3) is 0.200. The third-order valence-electron chi connectivity index (χ3n) is 2.97. The fourth-order valence-corrected chi connectivity index (χ4v) is 2.03. The highest BCUT2D eigenvalue weighted by Gasteiger charge is 2.13. The molecule has 106 valence electrons. The zero-order chi connectivity index (χ0) is 15.4. The van der Waals surface area contributed by atoms with Crippen molar-refractivity contribution >= 4 is 5.97 Å². The second-order valence-electron chi connectivity index (χ2n) is 4.53. The van der Waals surface area contributed by atoms with E-state index in [9.17, 15) is 4.79 Å². The van der Waals surface area contributed by atoms with Crippen LogP contribution in [0.5, 0.6) is 5.75 Å². The molecule has 21 heavy (non-hydrogen) atoms. The van der Waals surface area contributed by atoms with Crippen LogP contribution >= 0.6 is 0 Å². The first kappa shape index (κ1) is 14.5. The van der Waals surface area contributed by atoms with E-state index in [-0.39, 0.29) is 12.2 Å². The van der Waals surface area contributed by atoms with Crippen molar-refractivity contribution in [1.29, 1.82) is 5.26 Å². The highest BCUT2D eigenvalue weighted by Crippen LogP contribution is 2.25. The number of aromatic nitrogens is 2. The van der Waals surface area contributed by atoms with Crippen LogP contribution in [0.2, 0.25) is 0 Å². The van der Waals surface area contributed by atoms with Crippen LogP contribution in [0.4, 0.5) is 0 Å². The Labute approximate surface area is 121 Å². The maximum atomic E-state index is 11.1. The van der Waals surface area contributed by atoms with Gasteiger partial charge in [-0.25, -0.2) is 14.8 Å². The average molecular weight is 283 g/mol. The minimum atomic E-state index is -1.09. The van der Waals surface area contributed by atoms with Gasteiger partial charge < -0.3 is 9.84 Å². The molecular weight excluding hydrogens is 270 g/mol. The van der Waals surface area contributed by atoms with Crippen LogP contribution in [0.25, 0.3) is 0 Å². The van der Waals surface area contributed by atoms with E-state index in [1.54, 1.807) is 12.1 Å². The molecule has 2 rings (SSSR count). The maximum absolute atomic E-state index is 11.1. The Kier molecular flexibility index (Phi) is 4.14.